The molecule has 0 aromatic heterocycles. The Bertz CT molecular complexity index is 400. The first-order chi connectivity index (χ1) is 7.66. The monoisotopic (exact) mass is 282 g/mol. The van der Waals surface area contributed by atoms with Crippen molar-refractivity contribution in [2.24, 2.45) is 0 Å². The zero-order valence-corrected chi connectivity index (χ0v) is 10.9. The third-order valence-electron chi connectivity index (χ3n) is 2.76. The van der Waals surface area contributed by atoms with E-state index in [9.17, 15) is 4.79 Å². The van der Waals surface area contributed by atoms with E-state index in [0.29, 0.717) is 0 Å². The third-order valence-corrected chi connectivity index (χ3v) is 3.45. The number of amides is 2. The summed E-state index contributed by atoms with van der Waals surface area (Å²) in [6, 6.07) is 5.94. The SMILES string of the molecule is Cc1ccc(Br)c(NC(=O)N2CCCC2)c1. The van der Waals surface area contributed by atoms with Crippen molar-refractivity contribution in [3.05, 3.63) is 28.2 Å². The summed E-state index contributed by atoms with van der Waals surface area (Å²) >= 11 is 3.43. The van der Waals surface area contributed by atoms with E-state index in [0.717, 1.165) is 41.7 Å². The molecule has 1 aromatic carbocycles. The van der Waals surface area contributed by atoms with Gasteiger partial charge in [0.25, 0.3) is 0 Å². The lowest BCUT2D eigenvalue weighted by molar-refractivity contribution is 0.222. The average Bonchev–Trinajstić information content (AvgIpc) is 2.76. The fraction of sp³-hybridized carbons (Fsp3) is 0.417. The standard InChI is InChI=1S/C12H15BrN2O/c1-9-4-5-10(13)11(8-9)14-12(16)15-6-2-3-7-15/h4-5,8H,2-3,6-7H2,1H3,(H,14,16). The lowest BCUT2D eigenvalue weighted by Crippen LogP contribution is -2.32. The van der Waals surface area contributed by atoms with E-state index in [1.54, 1.807) is 0 Å². The Morgan fingerprint density at radius 2 is 2.06 bits per heavy atom. The zero-order chi connectivity index (χ0) is 11.5. The van der Waals surface area contributed by atoms with Gasteiger partial charge in [-0.3, -0.25) is 0 Å². The number of nitrogens with one attached hydrogen (secondary N) is 1. The van der Waals surface area contributed by atoms with Crippen LogP contribution in [0.1, 0.15) is 18.4 Å². The van der Waals surface area contributed by atoms with Gasteiger partial charge < -0.3 is 10.2 Å². The molecular weight excluding hydrogens is 268 g/mol. The number of likely N-dealkylation sites (tertiary alicyclic amines) is 1. The molecule has 1 N–H and O–H groups in total. The molecule has 1 aromatic rings. The molecule has 2 rings (SSSR count). The van der Waals surface area contributed by atoms with E-state index in [1.807, 2.05) is 30.0 Å². The number of halogens is 1. The predicted molar refractivity (Wildman–Crippen MR) is 68.7 cm³/mol. The van der Waals surface area contributed by atoms with E-state index in [1.165, 1.54) is 0 Å². The largest absolute Gasteiger partial charge is 0.325 e. The van der Waals surface area contributed by atoms with Crippen LogP contribution in [0.3, 0.4) is 0 Å². The van der Waals surface area contributed by atoms with Gasteiger partial charge in [-0.2, -0.15) is 0 Å². The number of benzene rings is 1. The number of carbonyl (C=O) groups excluding carboxylic acids is 1. The normalized spacial score (nSPS) is 15.2. The van der Waals surface area contributed by atoms with Crippen LogP contribution in [0.2, 0.25) is 0 Å². The van der Waals surface area contributed by atoms with Gasteiger partial charge in [-0.05, 0) is 53.4 Å². The molecule has 1 aliphatic heterocycles. The molecule has 0 saturated carbocycles. The number of aryl methyl sites for hydroxylation is 1. The summed E-state index contributed by atoms with van der Waals surface area (Å²) in [5.41, 5.74) is 1.98. The molecule has 2 amide bonds. The Labute approximate surface area is 104 Å². The van der Waals surface area contributed by atoms with Gasteiger partial charge in [0.05, 0.1) is 5.69 Å². The summed E-state index contributed by atoms with van der Waals surface area (Å²) in [7, 11) is 0. The number of carbonyl (C=O) groups is 1. The number of hydrogen-bond donors (Lipinski definition) is 1. The van der Waals surface area contributed by atoms with E-state index in [-0.39, 0.29) is 6.03 Å². The fourth-order valence-corrected chi connectivity index (χ4v) is 2.20. The van der Waals surface area contributed by atoms with Gasteiger partial charge >= 0.3 is 6.03 Å². The Morgan fingerprint density at radius 3 is 2.75 bits per heavy atom. The van der Waals surface area contributed by atoms with Gasteiger partial charge in [0.15, 0.2) is 0 Å². The van der Waals surface area contributed by atoms with Crippen LogP contribution in [-0.2, 0) is 0 Å². The van der Waals surface area contributed by atoms with Crippen LogP contribution < -0.4 is 5.32 Å². The van der Waals surface area contributed by atoms with Crippen molar-refractivity contribution in [3.63, 3.8) is 0 Å². The third kappa shape index (κ3) is 2.55. The van der Waals surface area contributed by atoms with Crippen molar-refractivity contribution in [2.45, 2.75) is 19.8 Å². The first-order valence-corrected chi connectivity index (χ1v) is 6.28. The topological polar surface area (TPSA) is 32.3 Å². The molecule has 0 unspecified atom stereocenters. The predicted octanol–water partition coefficient (Wildman–Crippen LogP) is 3.39. The van der Waals surface area contributed by atoms with Gasteiger partial charge in [0.2, 0.25) is 0 Å². The van der Waals surface area contributed by atoms with Crippen LogP contribution in [0.5, 0.6) is 0 Å². The summed E-state index contributed by atoms with van der Waals surface area (Å²) in [5.74, 6) is 0. The highest BCUT2D eigenvalue weighted by atomic mass is 79.9. The minimum atomic E-state index is 0.00352. The Hall–Kier alpha value is -1.03. The van der Waals surface area contributed by atoms with E-state index in [2.05, 4.69) is 21.2 Å². The maximum atomic E-state index is 11.9. The van der Waals surface area contributed by atoms with Gasteiger partial charge in [0.1, 0.15) is 0 Å². The maximum absolute atomic E-state index is 11.9. The first-order valence-electron chi connectivity index (χ1n) is 5.49. The molecular formula is C12H15BrN2O. The van der Waals surface area contributed by atoms with Gasteiger partial charge in [-0.1, -0.05) is 6.07 Å². The molecule has 0 radical (unpaired) electrons. The van der Waals surface area contributed by atoms with E-state index >= 15 is 0 Å². The van der Waals surface area contributed by atoms with Crippen LogP contribution in [0.4, 0.5) is 10.5 Å². The number of anilines is 1. The Morgan fingerprint density at radius 1 is 1.38 bits per heavy atom. The van der Waals surface area contributed by atoms with Gasteiger partial charge in [-0.25, -0.2) is 4.79 Å². The van der Waals surface area contributed by atoms with Crippen LogP contribution >= 0.6 is 15.9 Å². The molecule has 0 spiro atoms. The summed E-state index contributed by atoms with van der Waals surface area (Å²) in [6.45, 7) is 3.75. The molecule has 3 nitrogen and oxygen atoms in total. The number of rotatable bonds is 1. The van der Waals surface area contributed by atoms with Crippen LogP contribution in [0.25, 0.3) is 0 Å². The molecule has 1 fully saturated rings. The number of hydrogen-bond acceptors (Lipinski definition) is 1. The van der Waals surface area contributed by atoms with Crippen molar-refractivity contribution >= 4 is 27.6 Å². The van der Waals surface area contributed by atoms with Crippen molar-refractivity contribution < 1.29 is 4.79 Å². The van der Waals surface area contributed by atoms with Crippen LogP contribution in [0, 0.1) is 6.92 Å². The molecule has 1 heterocycles. The Balaban J connectivity index is 2.07. The smallest absolute Gasteiger partial charge is 0.321 e. The van der Waals surface area contributed by atoms with Crippen molar-refractivity contribution in [3.8, 4) is 0 Å². The van der Waals surface area contributed by atoms with Gasteiger partial charge in [0, 0.05) is 17.6 Å². The molecule has 1 saturated heterocycles. The summed E-state index contributed by atoms with van der Waals surface area (Å²) in [6.07, 6.45) is 2.23. The zero-order valence-electron chi connectivity index (χ0n) is 9.29. The number of urea groups is 1. The summed E-state index contributed by atoms with van der Waals surface area (Å²) < 4.78 is 0.922. The van der Waals surface area contributed by atoms with Crippen LogP contribution in [0.15, 0.2) is 22.7 Å². The molecule has 4 heteroatoms. The molecule has 0 aliphatic carbocycles. The van der Waals surface area contributed by atoms with Gasteiger partial charge in [-0.15, -0.1) is 0 Å². The summed E-state index contributed by atoms with van der Waals surface area (Å²) in [4.78, 5) is 13.7. The second-order valence-corrected chi connectivity index (χ2v) is 4.96. The quantitative estimate of drug-likeness (QED) is 0.842. The summed E-state index contributed by atoms with van der Waals surface area (Å²) in [5, 5.41) is 2.93. The minimum absolute atomic E-state index is 0.00352. The molecule has 0 atom stereocenters. The van der Waals surface area contributed by atoms with E-state index in [4.69, 9.17) is 0 Å². The maximum Gasteiger partial charge on any atom is 0.321 e. The van der Waals surface area contributed by atoms with Crippen molar-refractivity contribution in [2.75, 3.05) is 18.4 Å². The number of nitrogens with zero attached hydrogens (tertiary/aromatic N) is 1. The molecule has 0 bridgehead atoms. The molecule has 16 heavy (non-hydrogen) atoms. The highest BCUT2D eigenvalue weighted by Crippen LogP contribution is 2.24. The molecule has 1 aliphatic rings. The first kappa shape index (κ1) is 11.5. The fourth-order valence-electron chi connectivity index (χ4n) is 1.85. The van der Waals surface area contributed by atoms with Crippen molar-refractivity contribution in [1.29, 1.82) is 0 Å². The lowest BCUT2D eigenvalue weighted by Gasteiger charge is -2.17. The van der Waals surface area contributed by atoms with Crippen LogP contribution in [-0.4, -0.2) is 24.0 Å². The molecule has 86 valence electrons. The van der Waals surface area contributed by atoms with E-state index < -0.39 is 0 Å². The van der Waals surface area contributed by atoms with Crippen molar-refractivity contribution in [1.82, 2.24) is 4.90 Å². The lowest BCUT2D eigenvalue weighted by atomic mass is 10.2. The minimum Gasteiger partial charge on any atom is -0.325 e. The Kier molecular flexibility index (Phi) is 3.49. The highest BCUT2D eigenvalue weighted by molar-refractivity contribution is 9.10. The highest BCUT2D eigenvalue weighted by Gasteiger charge is 2.18. The average molecular weight is 283 g/mol. The second-order valence-electron chi connectivity index (χ2n) is 4.11. The second kappa shape index (κ2) is 4.87.